The van der Waals surface area contributed by atoms with Gasteiger partial charge in [0.15, 0.2) is 0 Å². The zero-order chi connectivity index (χ0) is 38.7. The molecular weight excluding hydrogens is 705 g/mol. The third kappa shape index (κ3) is 6.67. The highest BCUT2D eigenvalue weighted by atomic mass is 15.1. The standard InChI is InChI=1S/C54H46N4/c1(19-37-55-51-31-17-15-29-47(51)49-39-45(33-35-53(49)55)57(41-21-7-3-8-22-41)42-23-9-4-10-24-42)2-20-38-56-52-32-18-16-30-48(52)50-40-46(34-36-54(50)56)58(43-25-11-5-12-26-43)44-27-13-6-14-28-44/h3-18,21-36,39-40H,1-2,19-20,37-38H2. The van der Waals surface area contributed by atoms with Crippen LogP contribution in [0.15, 0.2) is 206 Å². The summed E-state index contributed by atoms with van der Waals surface area (Å²) >= 11 is 0. The molecule has 2 heterocycles. The normalized spacial score (nSPS) is 11.5. The van der Waals surface area contributed by atoms with Crippen LogP contribution in [0.1, 0.15) is 25.7 Å². The van der Waals surface area contributed by atoms with Crippen molar-refractivity contribution in [3.05, 3.63) is 206 Å². The number of benzene rings is 8. The molecule has 0 aliphatic rings. The molecule has 0 spiro atoms. The van der Waals surface area contributed by atoms with Gasteiger partial charge in [-0.05, 0) is 110 Å². The molecule has 4 heteroatoms. The van der Waals surface area contributed by atoms with E-state index in [1.807, 2.05) is 0 Å². The van der Waals surface area contributed by atoms with Gasteiger partial charge in [-0.3, -0.25) is 0 Å². The summed E-state index contributed by atoms with van der Waals surface area (Å²) in [6, 6.07) is 74.5. The van der Waals surface area contributed by atoms with E-state index in [1.165, 1.54) is 67.8 Å². The van der Waals surface area contributed by atoms with E-state index < -0.39 is 0 Å². The van der Waals surface area contributed by atoms with Crippen molar-refractivity contribution in [3.8, 4) is 0 Å². The number of fused-ring (bicyclic) bond motifs is 6. The summed E-state index contributed by atoms with van der Waals surface area (Å²) in [6.07, 6.45) is 4.65. The molecule has 0 radical (unpaired) electrons. The lowest BCUT2D eigenvalue weighted by Crippen LogP contribution is -2.09. The molecular formula is C54H46N4. The lowest BCUT2D eigenvalue weighted by molar-refractivity contribution is 0.559. The fraction of sp³-hybridized carbons (Fsp3) is 0.111. The number of aryl methyl sites for hydroxylation is 2. The van der Waals surface area contributed by atoms with E-state index in [4.69, 9.17) is 0 Å². The molecule has 4 nitrogen and oxygen atoms in total. The molecule has 10 aromatic rings. The topological polar surface area (TPSA) is 16.3 Å². The van der Waals surface area contributed by atoms with E-state index in [9.17, 15) is 0 Å². The molecule has 0 N–H and O–H groups in total. The second-order valence-corrected chi connectivity index (χ2v) is 15.2. The minimum atomic E-state index is 1.00. The maximum atomic E-state index is 2.54. The number of rotatable bonds is 13. The number of anilines is 6. The van der Waals surface area contributed by atoms with E-state index >= 15 is 0 Å². The lowest BCUT2D eigenvalue weighted by atomic mass is 10.1. The van der Waals surface area contributed by atoms with Gasteiger partial charge in [-0.15, -0.1) is 0 Å². The van der Waals surface area contributed by atoms with Gasteiger partial charge in [0.05, 0.1) is 0 Å². The smallest absolute Gasteiger partial charge is 0.0492 e. The predicted molar refractivity (Wildman–Crippen MR) is 247 cm³/mol. The Labute approximate surface area is 340 Å². The third-order valence-electron chi connectivity index (χ3n) is 11.6. The Morgan fingerprint density at radius 2 is 0.569 bits per heavy atom. The number of hydrogen-bond donors (Lipinski definition) is 0. The van der Waals surface area contributed by atoms with Gasteiger partial charge in [-0.2, -0.15) is 0 Å². The molecule has 0 aliphatic carbocycles. The number of para-hydroxylation sites is 6. The number of aromatic nitrogens is 2. The number of unbranched alkanes of at least 4 members (excludes halogenated alkanes) is 3. The number of nitrogens with zero attached hydrogens (tertiary/aromatic N) is 4. The van der Waals surface area contributed by atoms with E-state index in [0.29, 0.717) is 0 Å². The summed E-state index contributed by atoms with van der Waals surface area (Å²) < 4.78 is 5.09. The van der Waals surface area contributed by atoms with E-state index in [1.54, 1.807) is 0 Å². The molecule has 282 valence electrons. The Kier molecular flexibility index (Phi) is 9.66. The Morgan fingerprint density at radius 3 is 0.931 bits per heavy atom. The first-order chi connectivity index (χ1) is 28.8. The third-order valence-corrected chi connectivity index (χ3v) is 11.6. The van der Waals surface area contributed by atoms with Crippen molar-refractivity contribution < 1.29 is 0 Å². The van der Waals surface area contributed by atoms with Crippen molar-refractivity contribution in [2.45, 2.75) is 38.8 Å². The fourth-order valence-corrected chi connectivity index (χ4v) is 8.94. The van der Waals surface area contributed by atoms with Crippen molar-refractivity contribution in [1.29, 1.82) is 0 Å². The summed E-state index contributed by atoms with van der Waals surface area (Å²) in [6.45, 7) is 2.00. The van der Waals surface area contributed by atoms with Crippen LogP contribution in [0.3, 0.4) is 0 Å². The summed E-state index contributed by atoms with van der Waals surface area (Å²) in [7, 11) is 0. The van der Waals surface area contributed by atoms with Gasteiger partial charge in [-0.1, -0.05) is 122 Å². The second kappa shape index (κ2) is 15.8. The van der Waals surface area contributed by atoms with Crippen LogP contribution in [0.25, 0.3) is 43.6 Å². The van der Waals surface area contributed by atoms with Crippen LogP contribution in [-0.2, 0) is 13.1 Å². The summed E-state index contributed by atoms with van der Waals surface area (Å²) in [5, 5.41) is 5.22. The lowest BCUT2D eigenvalue weighted by Gasteiger charge is -2.25. The molecule has 0 saturated heterocycles. The van der Waals surface area contributed by atoms with Crippen molar-refractivity contribution in [2.24, 2.45) is 0 Å². The maximum absolute atomic E-state index is 2.54. The SMILES string of the molecule is c1ccc(N(c2ccccc2)c2ccc3c(c2)c2ccccc2n3CCCCCCn2c3ccccc3c3cc(N(c4ccccc4)c4ccccc4)ccc32)cc1. The largest absolute Gasteiger partial charge is 0.340 e. The first-order valence-electron chi connectivity index (χ1n) is 20.6. The molecule has 2 aromatic heterocycles. The maximum Gasteiger partial charge on any atom is 0.0492 e. The Hall–Kier alpha value is -7.04. The van der Waals surface area contributed by atoms with Crippen molar-refractivity contribution in [2.75, 3.05) is 9.80 Å². The van der Waals surface area contributed by atoms with Crippen LogP contribution in [0.5, 0.6) is 0 Å². The van der Waals surface area contributed by atoms with Gasteiger partial charge in [0.1, 0.15) is 0 Å². The first kappa shape index (κ1) is 35.4. The minimum Gasteiger partial charge on any atom is -0.340 e. The van der Waals surface area contributed by atoms with Crippen molar-refractivity contribution >= 4 is 77.7 Å². The monoisotopic (exact) mass is 750 g/mol. The van der Waals surface area contributed by atoms with Crippen LogP contribution in [-0.4, -0.2) is 9.13 Å². The average Bonchev–Trinajstić information content (AvgIpc) is 3.78. The number of hydrogen-bond acceptors (Lipinski definition) is 2. The average molecular weight is 751 g/mol. The molecule has 0 fully saturated rings. The molecule has 0 unspecified atom stereocenters. The van der Waals surface area contributed by atoms with E-state index in [2.05, 4.69) is 225 Å². The highest BCUT2D eigenvalue weighted by Crippen LogP contribution is 2.40. The van der Waals surface area contributed by atoms with Gasteiger partial charge in [0.2, 0.25) is 0 Å². The molecule has 0 aliphatic heterocycles. The summed E-state index contributed by atoms with van der Waals surface area (Å²) in [5.41, 5.74) is 12.2. The van der Waals surface area contributed by atoms with Crippen LogP contribution < -0.4 is 9.80 Å². The zero-order valence-corrected chi connectivity index (χ0v) is 32.7. The second-order valence-electron chi connectivity index (χ2n) is 15.2. The van der Waals surface area contributed by atoms with Crippen LogP contribution in [0.2, 0.25) is 0 Å². The highest BCUT2D eigenvalue weighted by molar-refractivity contribution is 6.10. The molecule has 58 heavy (non-hydrogen) atoms. The summed E-state index contributed by atoms with van der Waals surface area (Å²) in [5.74, 6) is 0. The van der Waals surface area contributed by atoms with Crippen LogP contribution >= 0.6 is 0 Å². The Morgan fingerprint density at radius 1 is 0.259 bits per heavy atom. The van der Waals surface area contributed by atoms with E-state index in [-0.39, 0.29) is 0 Å². The Balaban J connectivity index is 0.873. The first-order valence-corrected chi connectivity index (χ1v) is 20.6. The van der Waals surface area contributed by atoms with Crippen molar-refractivity contribution in [1.82, 2.24) is 9.13 Å². The molecule has 8 aromatic carbocycles. The predicted octanol–water partition coefficient (Wildman–Crippen LogP) is 15.1. The Bertz CT molecular complexity index is 2670. The van der Waals surface area contributed by atoms with Gasteiger partial charge in [-0.25, -0.2) is 0 Å². The fourth-order valence-electron chi connectivity index (χ4n) is 8.94. The highest BCUT2D eigenvalue weighted by Gasteiger charge is 2.18. The zero-order valence-electron chi connectivity index (χ0n) is 32.7. The van der Waals surface area contributed by atoms with Gasteiger partial charge in [0.25, 0.3) is 0 Å². The molecule has 10 rings (SSSR count). The molecule has 0 atom stereocenters. The van der Waals surface area contributed by atoms with Gasteiger partial charge < -0.3 is 18.9 Å². The molecule has 0 amide bonds. The quantitative estimate of drug-likeness (QED) is 0.109. The minimum absolute atomic E-state index is 1.00. The molecule has 0 bridgehead atoms. The van der Waals surface area contributed by atoms with Gasteiger partial charge >= 0.3 is 0 Å². The van der Waals surface area contributed by atoms with Crippen LogP contribution in [0.4, 0.5) is 34.1 Å². The van der Waals surface area contributed by atoms with E-state index in [0.717, 1.165) is 48.7 Å². The van der Waals surface area contributed by atoms with Gasteiger partial charge in [0, 0.05) is 90.8 Å². The molecule has 0 saturated carbocycles. The van der Waals surface area contributed by atoms with Crippen LogP contribution in [0, 0.1) is 0 Å². The summed E-state index contributed by atoms with van der Waals surface area (Å²) in [4.78, 5) is 4.71. The van der Waals surface area contributed by atoms with Crippen molar-refractivity contribution in [3.63, 3.8) is 0 Å².